The lowest BCUT2D eigenvalue weighted by atomic mass is 10.1. The van der Waals surface area contributed by atoms with Crippen LogP contribution in [-0.2, 0) is 13.0 Å². The van der Waals surface area contributed by atoms with E-state index in [0.29, 0.717) is 0 Å². The topological polar surface area (TPSA) is 25.2 Å². The van der Waals surface area contributed by atoms with Gasteiger partial charge in [-0.3, -0.25) is 9.98 Å². The molecule has 50 valence electrons. The van der Waals surface area contributed by atoms with Gasteiger partial charge in [0.1, 0.15) is 0 Å². The number of aliphatic imine (C=N–C) groups is 1. The number of hydrogen-bond donors (Lipinski definition) is 0. The second kappa shape index (κ2) is 2.21. The van der Waals surface area contributed by atoms with E-state index < -0.39 is 0 Å². The first kappa shape index (κ1) is 5.59. The molecule has 0 bridgehead atoms. The SMILES string of the molecule is C1=NCc2cnccc2C1. The molecule has 1 aliphatic heterocycles. The summed E-state index contributed by atoms with van der Waals surface area (Å²) < 4.78 is 0. The minimum Gasteiger partial charge on any atom is -0.292 e. The zero-order valence-corrected chi connectivity index (χ0v) is 5.62. The highest BCUT2D eigenvalue weighted by molar-refractivity contribution is 5.64. The molecule has 1 aliphatic rings. The van der Waals surface area contributed by atoms with Crippen LogP contribution in [0, 0.1) is 0 Å². The summed E-state index contributed by atoms with van der Waals surface area (Å²) in [7, 11) is 0. The van der Waals surface area contributed by atoms with Crippen molar-refractivity contribution in [1.29, 1.82) is 0 Å². The van der Waals surface area contributed by atoms with Crippen LogP contribution < -0.4 is 0 Å². The predicted octanol–water partition coefficient (Wildman–Crippen LogP) is 1.21. The normalized spacial score (nSPS) is 14.8. The first-order chi connectivity index (χ1) is 4.97. The lowest BCUT2D eigenvalue weighted by Gasteiger charge is -2.07. The van der Waals surface area contributed by atoms with Crippen molar-refractivity contribution in [1.82, 2.24) is 4.98 Å². The van der Waals surface area contributed by atoms with Crippen molar-refractivity contribution in [3.05, 3.63) is 29.6 Å². The van der Waals surface area contributed by atoms with Gasteiger partial charge in [0.05, 0.1) is 6.54 Å². The Labute approximate surface area is 59.6 Å². The summed E-state index contributed by atoms with van der Waals surface area (Å²) in [5.41, 5.74) is 2.63. The molecule has 0 fully saturated rings. The molecule has 0 spiro atoms. The minimum absolute atomic E-state index is 0.809. The second-order valence-electron chi connectivity index (χ2n) is 2.37. The quantitative estimate of drug-likeness (QED) is 0.520. The van der Waals surface area contributed by atoms with Gasteiger partial charge in [-0.15, -0.1) is 0 Å². The third-order valence-corrected chi connectivity index (χ3v) is 1.71. The van der Waals surface area contributed by atoms with Gasteiger partial charge in [0, 0.05) is 25.0 Å². The number of aromatic nitrogens is 1. The molecule has 0 amide bonds. The van der Waals surface area contributed by atoms with E-state index in [1.165, 1.54) is 11.1 Å². The lowest BCUT2D eigenvalue weighted by Crippen LogP contribution is -2.00. The number of hydrogen-bond acceptors (Lipinski definition) is 2. The highest BCUT2D eigenvalue weighted by Gasteiger charge is 2.02. The van der Waals surface area contributed by atoms with Gasteiger partial charge in [-0.1, -0.05) is 0 Å². The third-order valence-electron chi connectivity index (χ3n) is 1.71. The van der Waals surface area contributed by atoms with Crippen LogP contribution in [0.3, 0.4) is 0 Å². The smallest absolute Gasteiger partial charge is 0.0653 e. The zero-order chi connectivity index (χ0) is 6.81. The second-order valence-corrected chi connectivity index (χ2v) is 2.37. The molecule has 10 heavy (non-hydrogen) atoms. The van der Waals surface area contributed by atoms with Crippen LogP contribution in [0.5, 0.6) is 0 Å². The molecule has 1 aromatic heterocycles. The Morgan fingerprint density at radius 1 is 1.30 bits per heavy atom. The number of fused-ring (bicyclic) bond motifs is 1. The standard InChI is InChI=1S/C8H8N2/c1-3-9-5-8-6-10-4-2-7(1)8/h1,3-5H,2,6H2. The Balaban J connectivity index is 2.47. The van der Waals surface area contributed by atoms with Crippen molar-refractivity contribution in [2.75, 3.05) is 0 Å². The molecule has 0 saturated carbocycles. The van der Waals surface area contributed by atoms with Crippen LogP contribution in [-0.4, -0.2) is 11.2 Å². The fraction of sp³-hybridized carbons (Fsp3) is 0.250. The maximum absolute atomic E-state index is 4.15. The summed E-state index contributed by atoms with van der Waals surface area (Å²) in [4.78, 5) is 8.18. The van der Waals surface area contributed by atoms with Crippen LogP contribution in [0.2, 0.25) is 0 Å². The van der Waals surface area contributed by atoms with Crippen molar-refractivity contribution in [2.45, 2.75) is 13.0 Å². The molecule has 0 atom stereocenters. The average Bonchev–Trinajstić information content (AvgIpc) is 2.05. The summed E-state index contributed by atoms with van der Waals surface area (Å²) in [6.07, 6.45) is 6.66. The Morgan fingerprint density at radius 3 is 3.20 bits per heavy atom. The summed E-state index contributed by atoms with van der Waals surface area (Å²) in [5.74, 6) is 0. The molecular weight excluding hydrogens is 124 g/mol. The Morgan fingerprint density at radius 2 is 2.30 bits per heavy atom. The van der Waals surface area contributed by atoms with E-state index in [0.717, 1.165) is 13.0 Å². The zero-order valence-electron chi connectivity index (χ0n) is 5.62. The van der Waals surface area contributed by atoms with Gasteiger partial charge in [0.15, 0.2) is 0 Å². The number of rotatable bonds is 0. The van der Waals surface area contributed by atoms with Gasteiger partial charge >= 0.3 is 0 Å². The molecule has 0 unspecified atom stereocenters. The molecular formula is C8H8N2. The van der Waals surface area contributed by atoms with E-state index in [9.17, 15) is 0 Å². The molecule has 0 radical (unpaired) electrons. The largest absolute Gasteiger partial charge is 0.292 e. The third kappa shape index (κ3) is 0.817. The molecule has 2 heterocycles. The minimum atomic E-state index is 0.809. The summed E-state index contributed by atoms with van der Waals surface area (Å²) in [6, 6.07) is 2.06. The van der Waals surface area contributed by atoms with Crippen molar-refractivity contribution in [3.8, 4) is 0 Å². The Bertz CT molecular complexity index is 239. The van der Waals surface area contributed by atoms with E-state index in [1.54, 1.807) is 0 Å². The maximum Gasteiger partial charge on any atom is 0.0653 e. The summed E-state index contributed by atoms with van der Waals surface area (Å²) in [6.45, 7) is 0.809. The van der Waals surface area contributed by atoms with Gasteiger partial charge in [-0.2, -0.15) is 0 Å². The van der Waals surface area contributed by atoms with Crippen molar-refractivity contribution in [2.24, 2.45) is 4.99 Å². The number of nitrogens with zero attached hydrogens (tertiary/aromatic N) is 2. The van der Waals surface area contributed by atoms with E-state index in [1.807, 2.05) is 18.6 Å². The van der Waals surface area contributed by atoms with Crippen LogP contribution in [0.4, 0.5) is 0 Å². The van der Waals surface area contributed by atoms with E-state index >= 15 is 0 Å². The predicted molar refractivity (Wildman–Crippen MR) is 40.1 cm³/mol. The highest BCUT2D eigenvalue weighted by atomic mass is 14.7. The highest BCUT2D eigenvalue weighted by Crippen LogP contribution is 2.11. The van der Waals surface area contributed by atoms with Gasteiger partial charge in [0.25, 0.3) is 0 Å². The molecule has 2 nitrogen and oxygen atoms in total. The first-order valence-corrected chi connectivity index (χ1v) is 3.37. The van der Waals surface area contributed by atoms with Crippen LogP contribution in [0.15, 0.2) is 23.5 Å². The van der Waals surface area contributed by atoms with E-state index in [2.05, 4.69) is 16.0 Å². The van der Waals surface area contributed by atoms with Crippen LogP contribution in [0.1, 0.15) is 11.1 Å². The maximum atomic E-state index is 4.15. The van der Waals surface area contributed by atoms with Gasteiger partial charge in [-0.05, 0) is 17.2 Å². The van der Waals surface area contributed by atoms with Crippen molar-refractivity contribution < 1.29 is 0 Å². The molecule has 0 N–H and O–H groups in total. The van der Waals surface area contributed by atoms with E-state index in [4.69, 9.17) is 0 Å². The van der Waals surface area contributed by atoms with Gasteiger partial charge < -0.3 is 0 Å². The average molecular weight is 132 g/mol. The Hall–Kier alpha value is -1.18. The fourth-order valence-electron chi connectivity index (χ4n) is 1.12. The molecule has 1 aromatic rings. The Kier molecular flexibility index (Phi) is 1.24. The summed E-state index contributed by atoms with van der Waals surface area (Å²) >= 11 is 0. The molecule has 0 aliphatic carbocycles. The van der Waals surface area contributed by atoms with Crippen LogP contribution >= 0.6 is 0 Å². The fourth-order valence-corrected chi connectivity index (χ4v) is 1.12. The van der Waals surface area contributed by atoms with Gasteiger partial charge in [-0.25, -0.2) is 0 Å². The molecule has 2 heteroatoms. The lowest BCUT2D eigenvalue weighted by molar-refractivity contribution is 0.984. The molecule has 2 rings (SSSR count). The van der Waals surface area contributed by atoms with Crippen molar-refractivity contribution in [3.63, 3.8) is 0 Å². The molecule has 0 saturated heterocycles. The van der Waals surface area contributed by atoms with E-state index in [-0.39, 0.29) is 0 Å². The number of pyridine rings is 1. The molecule has 0 aromatic carbocycles. The first-order valence-electron chi connectivity index (χ1n) is 3.37. The monoisotopic (exact) mass is 132 g/mol. The van der Waals surface area contributed by atoms with Gasteiger partial charge in [0.2, 0.25) is 0 Å². The van der Waals surface area contributed by atoms with Crippen molar-refractivity contribution >= 4 is 6.21 Å². The summed E-state index contributed by atoms with van der Waals surface area (Å²) in [5, 5.41) is 0. The van der Waals surface area contributed by atoms with Crippen LogP contribution in [0.25, 0.3) is 0 Å².